The molecule has 0 unspecified atom stereocenters. The molecule has 0 saturated carbocycles. The Balaban J connectivity index is 2.77. The molecule has 2 nitrogen and oxygen atoms in total. The van der Waals surface area contributed by atoms with E-state index in [1.54, 1.807) is 12.1 Å². The Morgan fingerprint density at radius 2 is 1.93 bits per heavy atom. The van der Waals surface area contributed by atoms with Gasteiger partial charge >= 0.3 is 0 Å². The van der Waals surface area contributed by atoms with Gasteiger partial charge in [-0.25, -0.2) is 0 Å². The lowest BCUT2D eigenvalue weighted by Crippen LogP contribution is -1.92. The first-order valence-electron chi connectivity index (χ1n) is 4.51. The molecule has 2 aromatic rings. The number of rotatable bonds is 1. The summed E-state index contributed by atoms with van der Waals surface area (Å²) in [7, 11) is 0. The van der Waals surface area contributed by atoms with E-state index in [1.165, 1.54) is 6.92 Å². The highest BCUT2D eigenvalue weighted by molar-refractivity contribution is 9.10. The summed E-state index contributed by atoms with van der Waals surface area (Å²) in [6.45, 7) is 1.44. The minimum Gasteiger partial charge on any atom is -0.507 e. The molecule has 0 aliphatic rings. The molecule has 2 rings (SSSR count). The number of phenolic OH excluding ortho intramolecular Hbond substituents is 1. The second-order valence-electron chi connectivity index (χ2n) is 3.42. The van der Waals surface area contributed by atoms with Crippen molar-refractivity contribution in [3.63, 3.8) is 0 Å². The molecule has 0 spiro atoms. The van der Waals surface area contributed by atoms with Gasteiger partial charge in [0.05, 0.1) is 5.56 Å². The summed E-state index contributed by atoms with van der Waals surface area (Å²) in [5.41, 5.74) is 0.362. The topological polar surface area (TPSA) is 37.3 Å². The molecule has 0 atom stereocenters. The minimum atomic E-state index is -0.130. The normalized spacial score (nSPS) is 10.5. The summed E-state index contributed by atoms with van der Waals surface area (Å²) in [5.74, 6) is -0.0910. The first-order valence-corrected chi connectivity index (χ1v) is 5.30. The highest BCUT2D eigenvalue weighted by Crippen LogP contribution is 2.27. The fourth-order valence-corrected chi connectivity index (χ4v) is 1.92. The molecule has 0 radical (unpaired) electrons. The first kappa shape index (κ1) is 10.2. The zero-order chi connectivity index (χ0) is 11.0. The van der Waals surface area contributed by atoms with Crippen molar-refractivity contribution in [2.24, 2.45) is 0 Å². The van der Waals surface area contributed by atoms with Gasteiger partial charge in [0, 0.05) is 4.47 Å². The Morgan fingerprint density at radius 3 is 2.60 bits per heavy atom. The van der Waals surface area contributed by atoms with Gasteiger partial charge in [0.2, 0.25) is 0 Å². The maximum Gasteiger partial charge on any atom is 0.163 e. The molecule has 1 N–H and O–H groups in total. The standard InChI is InChI=1S/C12H9BrO2/c1-7(14)11-5-9-4-10(13)3-2-8(9)6-12(11)15/h2-6,15H,1H3. The number of hydrogen-bond acceptors (Lipinski definition) is 2. The van der Waals surface area contributed by atoms with Crippen LogP contribution in [0.4, 0.5) is 0 Å². The predicted octanol–water partition coefficient (Wildman–Crippen LogP) is 3.51. The van der Waals surface area contributed by atoms with Crippen LogP contribution in [-0.4, -0.2) is 10.9 Å². The molecule has 0 saturated heterocycles. The van der Waals surface area contributed by atoms with Crippen molar-refractivity contribution in [1.29, 1.82) is 0 Å². The van der Waals surface area contributed by atoms with E-state index in [4.69, 9.17) is 0 Å². The van der Waals surface area contributed by atoms with Crippen molar-refractivity contribution in [2.75, 3.05) is 0 Å². The van der Waals surface area contributed by atoms with Gasteiger partial charge in [-0.3, -0.25) is 4.79 Å². The van der Waals surface area contributed by atoms with Crippen LogP contribution in [0, 0.1) is 0 Å². The summed E-state index contributed by atoms with van der Waals surface area (Å²) < 4.78 is 0.954. The molecule has 0 fully saturated rings. The third kappa shape index (κ3) is 1.88. The van der Waals surface area contributed by atoms with Crippen LogP contribution in [-0.2, 0) is 0 Å². The number of ketones is 1. The largest absolute Gasteiger partial charge is 0.507 e. The van der Waals surface area contributed by atoms with Crippen LogP contribution in [0.25, 0.3) is 10.8 Å². The number of carbonyl (C=O) groups is 1. The van der Waals surface area contributed by atoms with Gasteiger partial charge in [0.1, 0.15) is 5.75 Å². The van der Waals surface area contributed by atoms with Crippen molar-refractivity contribution in [2.45, 2.75) is 6.92 Å². The van der Waals surface area contributed by atoms with Gasteiger partial charge in [-0.2, -0.15) is 0 Å². The summed E-state index contributed by atoms with van der Waals surface area (Å²) in [5, 5.41) is 11.5. The van der Waals surface area contributed by atoms with Crippen LogP contribution >= 0.6 is 15.9 Å². The van der Waals surface area contributed by atoms with E-state index in [0.29, 0.717) is 5.56 Å². The Kier molecular flexibility index (Phi) is 2.49. The molecule has 0 amide bonds. The summed E-state index contributed by atoms with van der Waals surface area (Å²) >= 11 is 3.37. The lowest BCUT2D eigenvalue weighted by atomic mass is 10.0. The molecule has 76 valence electrons. The third-order valence-corrected chi connectivity index (χ3v) is 2.79. The summed E-state index contributed by atoms with van der Waals surface area (Å²) in [6.07, 6.45) is 0. The van der Waals surface area contributed by atoms with Gasteiger partial charge in [-0.15, -0.1) is 0 Å². The number of halogens is 1. The van der Waals surface area contributed by atoms with Crippen LogP contribution in [0.2, 0.25) is 0 Å². The van der Waals surface area contributed by atoms with E-state index in [1.807, 2.05) is 18.2 Å². The SMILES string of the molecule is CC(=O)c1cc2cc(Br)ccc2cc1O. The van der Waals surface area contributed by atoms with Crippen molar-refractivity contribution in [3.05, 3.63) is 40.4 Å². The molecule has 3 heteroatoms. The maximum absolute atomic E-state index is 11.2. The number of benzene rings is 2. The zero-order valence-corrected chi connectivity index (χ0v) is 9.71. The monoisotopic (exact) mass is 264 g/mol. The number of phenols is 1. The molecule has 0 heterocycles. The van der Waals surface area contributed by atoms with E-state index in [0.717, 1.165) is 15.2 Å². The smallest absolute Gasteiger partial charge is 0.163 e. The molecule has 0 aliphatic heterocycles. The molecular formula is C12H9BrO2. The van der Waals surface area contributed by atoms with Crippen LogP contribution < -0.4 is 0 Å². The summed E-state index contributed by atoms with van der Waals surface area (Å²) in [4.78, 5) is 11.2. The number of hydrogen-bond donors (Lipinski definition) is 1. The van der Waals surface area contributed by atoms with E-state index < -0.39 is 0 Å². The quantitative estimate of drug-likeness (QED) is 0.801. The van der Waals surface area contributed by atoms with Crippen molar-refractivity contribution in [3.8, 4) is 5.75 Å². The fraction of sp³-hybridized carbons (Fsp3) is 0.0833. The number of fused-ring (bicyclic) bond motifs is 1. The highest BCUT2D eigenvalue weighted by Gasteiger charge is 2.07. The Bertz CT molecular complexity index is 547. The van der Waals surface area contributed by atoms with E-state index in [9.17, 15) is 9.90 Å². The van der Waals surface area contributed by atoms with Crippen molar-refractivity contribution in [1.82, 2.24) is 0 Å². The Labute approximate surface area is 95.7 Å². The van der Waals surface area contributed by atoms with Crippen molar-refractivity contribution < 1.29 is 9.90 Å². The fourth-order valence-electron chi connectivity index (χ4n) is 1.54. The number of carbonyl (C=O) groups excluding carboxylic acids is 1. The Hall–Kier alpha value is -1.35. The van der Waals surface area contributed by atoms with Crippen LogP contribution in [0.3, 0.4) is 0 Å². The van der Waals surface area contributed by atoms with E-state index >= 15 is 0 Å². The number of aromatic hydroxyl groups is 1. The van der Waals surface area contributed by atoms with Gasteiger partial charge in [-0.1, -0.05) is 22.0 Å². The molecule has 2 aromatic carbocycles. The molecule has 15 heavy (non-hydrogen) atoms. The average Bonchev–Trinajstić information content (AvgIpc) is 2.17. The molecule has 0 aromatic heterocycles. The average molecular weight is 265 g/mol. The Morgan fingerprint density at radius 1 is 1.20 bits per heavy atom. The first-order chi connectivity index (χ1) is 7.08. The van der Waals surface area contributed by atoms with Crippen LogP contribution in [0.1, 0.15) is 17.3 Å². The molecular weight excluding hydrogens is 256 g/mol. The van der Waals surface area contributed by atoms with Gasteiger partial charge in [-0.05, 0) is 42.0 Å². The highest BCUT2D eigenvalue weighted by atomic mass is 79.9. The second kappa shape index (κ2) is 3.66. The second-order valence-corrected chi connectivity index (χ2v) is 4.33. The zero-order valence-electron chi connectivity index (χ0n) is 8.12. The van der Waals surface area contributed by atoms with Gasteiger partial charge in [0.15, 0.2) is 5.78 Å². The lowest BCUT2D eigenvalue weighted by Gasteiger charge is -2.04. The maximum atomic E-state index is 11.2. The summed E-state index contributed by atoms with van der Waals surface area (Å²) in [6, 6.07) is 9.02. The third-order valence-electron chi connectivity index (χ3n) is 2.30. The molecule has 0 bridgehead atoms. The van der Waals surface area contributed by atoms with E-state index in [2.05, 4.69) is 15.9 Å². The van der Waals surface area contributed by atoms with E-state index in [-0.39, 0.29) is 11.5 Å². The lowest BCUT2D eigenvalue weighted by molar-refractivity contribution is 0.101. The van der Waals surface area contributed by atoms with Gasteiger partial charge < -0.3 is 5.11 Å². The predicted molar refractivity (Wildman–Crippen MR) is 63.3 cm³/mol. The van der Waals surface area contributed by atoms with Crippen LogP contribution in [0.15, 0.2) is 34.8 Å². The minimum absolute atomic E-state index is 0.0392. The van der Waals surface area contributed by atoms with Crippen molar-refractivity contribution >= 4 is 32.5 Å². The molecule has 0 aliphatic carbocycles. The van der Waals surface area contributed by atoms with Crippen LogP contribution in [0.5, 0.6) is 5.75 Å². The van der Waals surface area contributed by atoms with Gasteiger partial charge in [0.25, 0.3) is 0 Å². The number of Topliss-reactive ketones (excluding diaryl/α,β-unsaturated/α-hetero) is 1.